The highest BCUT2D eigenvalue weighted by Crippen LogP contribution is 2.21. The predicted molar refractivity (Wildman–Crippen MR) is 59.8 cm³/mol. The Balaban J connectivity index is 2.99. The van der Waals surface area contributed by atoms with E-state index in [1.807, 2.05) is 36.4 Å². The molecule has 0 amide bonds. The van der Waals surface area contributed by atoms with E-state index in [0.29, 0.717) is 0 Å². The molecule has 0 aliphatic carbocycles. The first-order chi connectivity index (χ1) is 6.86. The number of hydrogen-bond acceptors (Lipinski definition) is 0. The van der Waals surface area contributed by atoms with E-state index in [1.165, 1.54) is 0 Å². The molecule has 0 bridgehead atoms. The van der Waals surface area contributed by atoms with Gasteiger partial charge in [0.15, 0.2) is 0 Å². The Morgan fingerprint density at radius 1 is 0.786 bits per heavy atom. The number of rotatable bonds is 0. The van der Waals surface area contributed by atoms with Gasteiger partial charge in [0.2, 0.25) is 0 Å². The molecule has 0 aliphatic heterocycles. The molecule has 0 atom stereocenters. The van der Waals surface area contributed by atoms with Crippen LogP contribution in [0.4, 0.5) is 0 Å². The number of fused-ring (bicyclic) bond motifs is 1. The summed E-state index contributed by atoms with van der Waals surface area (Å²) in [6, 6.07) is 11.7. The average molecular weight is 176 g/mol. The van der Waals surface area contributed by atoms with Crippen molar-refractivity contribution in [2.75, 3.05) is 0 Å². The molecule has 2 aromatic carbocycles. The second-order valence-electron chi connectivity index (χ2n) is 3.00. The van der Waals surface area contributed by atoms with E-state index in [-0.39, 0.29) is 0 Å². The maximum Gasteiger partial charge on any atom is 0.0333 e. The van der Waals surface area contributed by atoms with Crippen molar-refractivity contribution in [1.29, 1.82) is 0 Å². The molecule has 0 aliphatic rings. The van der Waals surface area contributed by atoms with Gasteiger partial charge in [-0.25, -0.2) is 0 Å². The monoisotopic (exact) mass is 176 g/mol. The Labute approximate surface area is 83.6 Å². The summed E-state index contributed by atoms with van der Waals surface area (Å²) in [5, 5.41) is 2.09. The van der Waals surface area contributed by atoms with Gasteiger partial charge in [-0.15, -0.1) is 12.8 Å². The second kappa shape index (κ2) is 3.29. The lowest BCUT2D eigenvalue weighted by Gasteiger charge is -2.02. The van der Waals surface area contributed by atoms with Crippen molar-refractivity contribution in [3.05, 3.63) is 47.5 Å². The van der Waals surface area contributed by atoms with Crippen LogP contribution in [0.25, 0.3) is 10.8 Å². The Bertz CT molecular complexity index is 514. The lowest BCUT2D eigenvalue weighted by molar-refractivity contribution is 1.67. The van der Waals surface area contributed by atoms with Gasteiger partial charge in [0.25, 0.3) is 0 Å². The van der Waals surface area contributed by atoms with Gasteiger partial charge < -0.3 is 0 Å². The van der Waals surface area contributed by atoms with E-state index >= 15 is 0 Å². The topological polar surface area (TPSA) is 0 Å². The molecule has 0 saturated carbocycles. The quantitative estimate of drug-likeness (QED) is 0.541. The predicted octanol–water partition coefficient (Wildman–Crippen LogP) is 2.80. The van der Waals surface area contributed by atoms with Crippen molar-refractivity contribution < 1.29 is 0 Å². The van der Waals surface area contributed by atoms with Crippen LogP contribution < -0.4 is 0 Å². The molecule has 0 N–H and O–H groups in total. The third-order valence-electron chi connectivity index (χ3n) is 2.22. The van der Waals surface area contributed by atoms with Crippen LogP contribution in [0.2, 0.25) is 0 Å². The number of benzene rings is 2. The smallest absolute Gasteiger partial charge is 0.0333 e. The van der Waals surface area contributed by atoms with Crippen LogP contribution in [0.1, 0.15) is 11.1 Å². The average Bonchev–Trinajstić information content (AvgIpc) is 2.27. The van der Waals surface area contributed by atoms with Crippen molar-refractivity contribution in [1.82, 2.24) is 0 Å². The summed E-state index contributed by atoms with van der Waals surface area (Å²) in [7, 11) is 0. The van der Waals surface area contributed by atoms with E-state index in [9.17, 15) is 0 Å². The minimum absolute atomic E-state index is 0.857. The zero-order valence-electron chi connectivity index (χ0n) is 7.62. The van der Waals surface area contributed by atoms with Crippen molar-refractivity contribution in [3.8, 4) is 24.7 Å². The summed E-state index contributed by atoms with van der Waals surface area (Å²) in [5.74, 6) is 5.30. The molecule has 2 aromatic rings. The number of hydrogen-bond donors (Lipinski definition) is 0. The zero-order valence-corrected chi connectivity index (χ0v) is 7.62. The maximum atomic E-state index is 5.42. The van der Waals surface area contributed by atoms with Gasteiger partial charge in [0.05, 0.1) is 0 Å². The van der Waals surface area contributed by atoms with Crippen molar-refractivity contribution in [2.45, 2.75) is 0 Å². The fourth-order valence-corrected chi connectivity index (χ4v) is 1.58. The van der Waals surface area contributed by atoms with E-state index in [0.717, 1.165) is 21.9 Å². The van der Waals surface area contributed by atoms with Crippen LogP contribution in [0, 0.1) is 24.7 Å². The highest BCUT2D eigenvalue weighted by Gasteiger charge is 2.01. The highest BCUT2D eigenvalue weighted by atomic mass is 14.0. The second-order valence-corrected chi connectivity index (χ2v) is 3.00. The molecule has 0 spiro atoms. The molecule has 2 rings (SSSR count). The molecule has 0 aromatic heterocycles. The Hall–Kier alpha value is -2.18. The zero-order chi connectivity index (χ0) is 9.97. The van der Waals surface area contributed by atoms with E-state index in [1.54, 1.807) is 0 Å². The van der Waals surface area contributed by atoms with E-state index < -0.39 is 0 Å². The lowest BCUT2D eigenvalue weighted by atomic mass is 10.00. The minimum Gasteiger partial charge on any atom is -0.115 e. The molecule has 0 radical (unpaired) electrons. The van der Waals surface area contributed by atoms with Gasteiger partial charge in [-0.05, 0) is 17.5 Å². The molecule has 0 heteroatoms. The molecule has 0 fully saturated rings. The number of terminal acetylenes is 2. The molecule has 64 valence electrons. The third-order valence-corrected chi connectivity index (χ3v) is 2.22. The van der Waals surface area contributed by atoms with Crippen LogP contribution in [-0.4, -0.2) is 0 Å². The van der Waals surface area contributed by atoms with Crippen molar-refractivity contribution in [2.24, 2.45) is 0 Å². The first-order valence-corrected chi connectivity index (χ1v) is 4.32. The van der Waals surface area contributed by atoms with E-state index in [4.69, 9.17) is 12.8 Å². The van der Waals surface area contributed by atoms with Crippen LogP contribution in [0.5, 0.6) is 0 Å². The van der Waals surface area contributed by atoms with Gasteiger partial charge in [-0.1, -0.05) is 36.1 Å². The molecular formula is C14H8. The summed E-state index contributed by atoms with van der Waals surface area (Å²) in [6.07, 6.45) is 10.8. The van der Waals surface area contributed by atoms with Crippen LogP contribution in [0.15, 0.2) is 36.4 Å². The van der Waals surface area contributed by atoms with Gasteiger partial charge >= 0.3 is 0 Å². The normalized spacial score (nSPS) is 9.29. The van der Waals surface area contributed by atoms with E-state index in [2.05, 4.69) is 11.8 Å². The van der Waals surface area contributed by atoms with Gasteiger partial charge in [-0.3, -0.25) is 0 Å². The third kappa shape index (κ3) is 1.15. The summed E-state index contributed by atoms with van der Waals surface area (Å²) in [6.45, 7) is 0. The Kier molecular flexibility index (Phi) is 1.98. The highest BCUT2D eigenvalue weighted by molar-refractivity contribution is 5.93. The maximum absolute atomic E-state index is 5.42. The molecule has 0 nitrogen and oxygen atoms in total. The SMILES string of the molecule is C#Cc1cccc2cccc(C#C)c12. The van der Waals surface area contributed by atoms with Crippen LogP contribution >= 0.6 is 0 Å². The summed E-state index contributed by atoms with van der Waals surface area (Å²) in [4.78, 5) is 0. The largest absolute Gasteiger partial charge is 0.115 e. The molecule has 14 heavy (non-hydrogen) atoms. The van der Waals surface area contributed by atoms with Gasteiger partial charge in [-0.2, -0.15) is 0 Å². The lowest BCUT2D eigenvalue weighted by Crippen LogP contribution is -1.83. The molecule has 0 heterocycles. The van der Waals surface area contributed by atoms with Gasteiger partial charge in [0.1, 0.15) is 0 Å². The summed E-state index contributed by atoms with van der Waals surface area (Å²) >= 11 is 0. The summed E-state index contributed by atoms with van der Waals surface area (Å²) in [5.41, 5.74) is 1.71. The molecular weight excluding hydrogens is 168 g/mol. The van der Waals surface area contributed by atoms with Gasteiger partial charge in [0, 0.05) is 16.5 Å². The first kappa shape index (κ1) is 8.42. The van der Waals surface area contributed by atoms with Crippen molar-refractivity contribution >= 4 is 10.8 Å². The first-order valence-electron chi connectivity index (χ1n) is 4.32. The standard InChI is InChI=1S/C14H8/c1-3-11-7-5-9-13-10-6-8-12(4-2)14(11)13/h1-2,5-10H. The minimum atomic E-state index is 0.857. The van der Waals surface area contributed by atoms with Crippen molar-refractivity contribution in [3.63, 3.8) is 0 Å². The fraction of sp³-hybridized carbons (Fsp3) is 0. The summed E-state index contributed by atoms with van der Waals surface area (Å²) < 4.78 is 0. The van der Waals surface area contributed by atoms with Crippen LogP contribution in [-0.2, 0) is 0 Å². The molecule has 0 saturated heterocycles. The Morgan fingerprint density at radius 3 is 1.71 bits per heavy atom. The molecule has 0 unspecified atom stereocenters. The Morgan fingerprint density at radius 2 is 1.29 bits per heavy atom. The van der Waals surface area contributed by atoms with Crippen LogP contribution in [0.3, 0.4) is 0 Å². The fourth-order valence-electron chi connectivity index (χ4n) is 1.58.